The van der Waals surface area contributed by atoms with Crippen LogP contribution in [0.1, 0.15) is 21.7 Å². The molecule has 0 radical (unpaired) electrons. The Bertz CT molecular complexity index is 1210. The maximum Gasteiger partial charge on any atom is 0.253 e. The smallest absolute Gasteiger partial charge is 0.253 e. The van der Waals surface area contributed by atoms with Gasteiger partial charge in [0.1, 0.15) is 0 Å². The topological polar surface area (TPSA) is 82.7 Å². The summed E-state index contributed by atoms with van der Waals surface area (Å²) >= 11 is 0. The zero-order valence-electron chi connectivity index (χ0n) is 16.3. The lowest BCUT2D eigenvalue weighted by atomic mass is 10.1. The minimum atomic E-state index is -0.150. The van der Waals surface area contributed by atoms with E-state index in [2.05, 4.69) is 32.4 Å². The van der Waals surface area contributed by atoms with Gasteiger partial charge in [-0.25, -0.2) is 0 Å². The highest BCUT2D eigenvalue weighted by Gasteiger charge is 2.11. The number of fused-ring (bicyclic) bond motifs is 1. The van der Waals surface area contributed by atoms with Crippen LogP contribution in [0.25, 0.3) is 23.1 Å². The van der Waals surface area contributed by atoms with Crippen molar-refractivity contribution < 1.29 is 4.79 Å². The number of anilines is 2. The van der Waals surface area contributed by atoms with Gasteiger partial charge in [0.15, 0.2) is 0 Å². The predicted octanol–water partition coefficient (Wildman–Crippen LogP) is 4.79. The van der Waals surface area contributed by atoms with Gasteiger partial charge in [-0.15, -0.1) is 6.58 Å². The molecule has 2 heterocycles. The average molecular weight is 395 g/mol. The maximum absolute atomic E-state index is 12.4. The number of benzene rings is 2. The molecule has 3 N–H and O–H groups in total. The van der Waals surface area contributed by atoms with Crippen molar-refractivity contribution >= 4 is 40.3 Å². The third kappa shape index (κ3) is 4.28. The molecule has 148 valence electrons. The molecule has 6 nitrogen and oxygen atoms in total. The summed E-state index contributed by atoms with van der Waals surface area (Å²) in [5, 5.41) is 14.6. The molecule has 0 aliphatic rings. The lowest BCUT2D eigenvalue weighted by molar-refractivity contribution is 0.0959. The van der Waals surface area contributed by atoms with Gasteiger partial charge in [-0.3, -0.25) is 14.9 Å². The Kier molecular flexibility index (Phi) is 5.66. The molecule has 0 saturated carbocycles. The van der Waals surface area contributed by atoms with Crippen LogP contribution in [-0.2, 0) is 0 Å². The van der Waals surface area contributed by atoms with Crippen LogP contribution >= 0.6 is 0 Å². The Hall–Kier alpha value is -4.19. The van der Waals surface area contributed by atoms with Crippen LogP contribution in [-0.4, -0.2) is 27.6 Å². The molecule has 4 aromatic rings. The largest absolute Gasteiger partial charge is 0.355 e. The molecular formula is C24H21N5O. The van der Waals surface area contributed by atoms with E-state index in [1.54, 1.807) is 18.3 Å². The summed E-state index contributed by atoms with van der Waals surface area (Å²) in [4.78, 5) is 16.7. The Balaban J connectivity index is 1.56. The molecule has 0 bridgehead atoms. The zero-order valence-corrected chi connectivity index (χ0v) is 16.3. The molecule has 6 heteroatoms. The van der Waals surface area contributed by atoms with E-state index < -0.39 is 0 Å². The first kappa shape index (κ1) is 19.1. The van der Waals surface area contributed by atoms with Crippen LogP contribution in [0.3, 0.4) is 0 Å². The lowest BCUT2D eigenvalue weighted by Gasteiger charge is -2.12. The number of nitrogens with one attached hydrogen (secondary N) is 3. The van der Waals surface area contributed by atoms with Crippen LogP contribution in [0, 0.1) is 0 Å². The Labute approximate surface area is 174 Å². The van der Waals surface area contributed by atoms with Gasteiger partial charge in [0.25, 0.3) is 5.91 Å². The highest BCUT2D eigenvalue weighted by atomic mass is 16.1. The normalized spacial score (nSPS) is 10.9. The van der Waals surface area contributed by atoms with E-state index in [9.17, 15) is 4.79 Å². The van der Waals surface area contributed by atoms with Crippen molar-refractivity contribution in [3.63, 3.8) is 0 Å². The van der Waals surface area contributed by atoms with Crippen molar-refractivity contribution in [3.8, 4) is 0 Å². The third-order valence-corrected chi connectivity index (χ3v) is 4.55. The van der Waals surface area contributed by atoms with Gasteiger partial charge in [-0.1, -0.05) is 24.3 Å². The van der Waals surface area contributed by atoms with Crippen molar-refractivity contribution in [2.75, 3.05) is 11.9 Å². The number of rotatable bonds is 7. The van der Waals surface area contributed by atoms with Crippen molar-refractivity contribution in [3.05, 3.63) is 96.5 Å². The molecule has 0 atom stereocenters. The maximum atomic E-state index is 12.4. The van der Waals surface area contributed by atoms with Crippen LogP contribution in [0.4, 0.5) is 11.4 Å². The number of pyridine rings is 1. The van der Waals surface area contributed by atoms with E-state index in [-0.39, 0.29) is 5.91 Å². The number of nitrogens with zero attached hydrogens (tertiary/aromatic N) is 2. The summed E-state index contributed by atoms with van der Waals surface area (Å²) in [7, 11) is 0. The summed E-state index contributed by atoms with van der Waals surface area (Å²) < 4.78 is 0. The third-order valence-electron chi connectivity index (χ3n) is 4.55. The van der Waals surface area contributed by atoms with Crippen LogP contribution in [0.5, 0.6) is 0 Å². The van der Waals surface area contributed by atoms with Gasteiger partial charge < -0.3 is 10.6 Å². The van der Waals surface area contributed by atoms with Crippen molar-refractivity contribution in [2.24, 2.45) is 0 Å². The fourth-order valence-corrected chi connectivity index (χ4v) is 3.09. The Morgan fingerprint density at radius 3 is 2.77 bits per heavy atom. The van der Waals surface area contributed by atoms with Crippen LogP contribution in [0.2, 0.25) is 0 Å². The van der Waals surface area contributed by atoms with E-state index in [0.717, 1.165) is 33.7 Å². The number of hydrogen-bond donors (Lipinski definition) is 3. The summed E-state index contributed by atoms with van der Waals surface area (Å²) in [6.45, 7) is 4.05. The minimum absolute atomic E-state index is 0.150. The summed E-state index contributed by atoms with van der Waals surface area (Å²) in [6, 6.07) is 19.1. The monoisotopic (exact) mass is 395 g/mol. The predicted molar refractivity (Wildman–Crippen MR) is 122 cm³/mol. The molecule has 0 aliphatic carbocycles. The van der Waals surface area contributed by atoms with Gasteiger partial charge >= 0.3 is 0 Å². The molecule has 2 aromatic carbocycles. The van der Waals surface area contributed by atoms with E-state index in [4.69, 9.17) is 0 Å². The number of para-hydroxylation sites is 1. The molecule has 30 heavy (non-hydrogen) atoms. The fourth-order valence-electron chi connectivity index (χ4n) is 3.09. The lowest BCUT2D eigenvalue weighted by Crippen LogP contribution is -2.23. The van der Waals surface area contributed by atoms with Gasteiger partial charge in [0.05, 0.1) is 28.2 Å². The number of aromatic amines is 1. The summed E-state index contributed by atoms with van der Waals surface area (Å²) in [5.74, 6) is -0.150. The second-order valence-corrected chi connectivity index (χ2v) is 6.63. The molecule has 0 fully saturated rings. The number of carbonyl (C=O) groups is 1. The highest BCUT2D eigenvalue weighted by Crippen LogP contribution is 2.26. The van der Waals surface area contributed by atoms with E-state index in [1.165, 1.54) is 0 Å². The highest BCUT2D eigenvalue weighted by molar-refractivity contribution is 6.00. The van der Waals surface area contributed by atoms with Crippen molar-refractivity contribution in [2.45, 2.75) is 0 Å². The Morgan fingerprint density at radius 1 is 1.07 bits per heavy atom. The summed E-state index contributed by atoms with van der Waals surface area (Å²) in [6.07, 6.45) is 7.28. The zero-order chi connectivity index (χ0) is 20.8. The molecule has 0 aliphatic heterocycles. The van der Waals surface area contributed by atoms with E-state index >= 15 is 0 Å². The molecule has 2 aromatic heterocycles. The first-order valence-electron chi connectivity index (χ1n) is 9.57. The van der Waals surface area contributed by atoms with Crippen LogP contribution in [0.15, 0.2) is 79.5 Å². The number of H-pyrrole nitrogens is 1. The van der Waals surface area contributed by atoms with E-state index in [1.807, 2.05) is 66.7 Å². The first-order chi connectivity index (χ1) is 14.7. The number of amides is 1. The van der Waals surface area contributed by atoms with E-state index in [0.29, 0.717) is 12.1 Å². The quantitative estimate of drug-likeness (QED) is 0.393. The number of aromatic nitrogens is 3. The van der Waals surface area contributed by atoms with Gasteiger partial charge in [-0.05, 0) is 54.6 Å². The molecule has 1 amide bonds. The molecule has 0 saturated heterocycles. The van der Waals surface area contributed by atoms with Gasteiger partial charge in [0, 0.05) is 23.8 Å². The molecule has 0 unspecified atom stereocenters. The number of carbonyl (C=O) groups excluding carboxylic acids is 1. The molecule has 4 rings (SSSR count). The summed E-state index contributed by atoms with van der Waals surface area (Å²) in [5.41, 5.74) is 4.77. The van der Waals surface area contributed by atoms with Crippen molar-refractivity contribution in [1.82, 2.24) is 20.5 Å². The molecular weight excluding hydrogens is 374 g/mol. The number of hydrogen-bond acceptors (Lipinski definition) is 4. The Morgan fingerprint density at radius 2 is 1.93 bits per heavy atom. The SMILES string of the molecule is C=CCNC(=O)c1ccccc1Nc1ccc2c(/C=C/c3ccccn3)n[nH]c2c1. The van der Waals surface area contributed by atoms with Gasteiger partial charge in [-0.2, -0.15) is 5.10 Å². The standard InChI is InChI=1S/C24H21N5O/c1-2-14-26-24(30)20-8-3-4-9-21(20)27-18-10-12-19-22(28-29-23(19)16-18)13-11-17-7-5-6-15-25-17/h2-13,15-16,27H,1,14H2,(H,26,30)(H,28,29)/b13-11+. The second kappa shape index (κ2) is 8.87. The van der Waals surface area contributed by atoms with Gasteiger partial charge in [0.2, 0.25) is 0 Å². The van der Waals surface area contributed by atoms with Crippen molar-refractivity contribution in [1.29, 1.82) is 0 Å². The minimum Gasteiger partial charge on any atom is -0.355 e. The molecule has 0 spiro atoms. The average Bonchev–Trinajstić information content (AvgIpc) is 3.19. The first-order valence-corrected chi connectivity index (χ1v) is 9.57. The second-order valence-electron chi connectivity index (χ2n) is 6.63. The fraction of sp³-hybridized carbons (Fsp3) is 0.0417. The van der Waals surface area contributed by atoms with Crippen LogP contribution < -0.4 is 10.6 Å².